The number of benzene rings is 2. The molecule has 0 fully saturated rings. The minimum absolute atomic E-state index is 0.0200. The SMILES string of the molecule is COC(=O)c1ccccc1NC(=O)CSc1nnc(-c2nc(-c3ccc(F)cc3)no2)n1C. The van der Waals surface area contributed by atoms with Crippen molar-refractivity contribution in [3.8, 4) is 23.1 Å². The molecule has 33 heavy (non-hydrogen) atoms. The highest BCUT2D eigenvalue weighted by atomic mass is 32.2. The predicted octanol–water partition coefficient (Wildman–Crippen LogP) is 3.19. The molecule has 2 heterocycles. The van der Waals surface area contributed by atoms with Crippen molar-refractivity contribution >= 4 is 29.3 Å². The Morgan fingerprint density at radius 3 is 2.67 bits per heavy atom. The Morgan fingerprint density at radius 1 is 1.15 bits per heavy atom. The van der Waals surface area contributed by atoms with Crippen molar-refractivity contribution in [1.82, 2.24) is 24.9 Å². The van der Waals surface area contributed by atoms with E-state index in [1.165, 1.54) is 19.2 Å². The number of nitrogens with one attached hydrogen (secondary N) is 1. The van der Waals surface area contributed by atoms with Crippen LogP contribution in [0.4, 0.5) is 10.1 Å². The molecule has 1 N–H and O–H groups in total. The van der Waals surface area contributed by atoms with E-state index in [2.05, 4.69) is 25.7 Å². The largest absolute Gasteiger partial charge is 0.465 e. The summed E-state index contributed by atoms with van der Waals surface area (Å²) in [6, 6.07) is 12.2. The lowest BCUT2D eigenvalue weighted by atomic mass is 10.2. The highest BCUT2D eigenvalue weighted by Gasteiger charge is 2.20. The zero-order valence-electron chi connectivity index (χ0n) is 17.5. The van der Waals surface area contributed by atoms with Gasteiger partial charge in [0, 0.05) is 12.6 Å². The van der Waals surface area contributed by atoms with Crippen LogP contribution in [-0.4, -0.2) is 49.6 Å². The standard InChI is InChI=1S/C21H17FN6O4S/c1-28-18(19-24-17(27-32-19)12-7-9-13(22)10-8-12)25-26-21(28)33-11-16(29)23-15-6-4-3-5-14(15)20(30)31-2/h3-10H,11H2,1-2H3,(H,23,29). The molecule has 0 aliphatic carbocycles. The Labute approximate surface area is 191 Å². The second kappa shape index (κ2) is 9.61. The summed E-state index contributed by atoms with van der Waals surface area (Å²) in [6.45, 7) is 0. The Kier molecular flexibility index (Phi) is 6.45. The smallest absolute Gasteiger partial charge is 0.339 e. The fourth-order valence-electron chi connectivity index (χ4n) is 2.85. The van der Waals surface area contributed by atoms with Crippen LogP contribution in [-0.2, 0) is 16.6 Å². The molecule has 0 unspecified atom stereocenters. The molecular weight excluding hydrogens is 451 g/mol. The molecule has 4 rings (SSSR count). The van der Waals surface area contributed by atoms with E-state index in [1.54, 1.807) is 48.0 Å². The number of para-hydroxylation sites is 1. The van der Waals surface area contributed by atoms with Crippen LogP contribution >= 0.6 is 11.8 Å². The van der Waals surface area contributed by atoms with Crippen molar-refractivity contribution in [2.45, 2.75) is 5.16 Å². The first kappa shape index (κ1) is 22.1. The summed E-state index contributed by atoms with van der Waals surface area (Å²) in [5.74, 6) is -0.497. The van der Waals surface area contributed by atoms with Gasteiger partial charge in [0.15, 0.2) is 5.16 Å². The van der Waals surface area contributed by atoms with Crippen LogP contribution in [0.3, 0.4) is 0 Å². The number of rotatable bonds is 7. The average Bonchev–Trinajstić information content (AvgIpc) is 3.45. The summed E-state index contributed by atoms with van der Waals surface area (Å²) >= 11 is 1.14. The second-order valence-electron chi connectivity index (χ2n) is 6.67. The number of aromatic nitrogens is 5. The van der Waals surface area contributed by atoms with Crippen LogP contribution in [0.2, 0.25) is 0 Å². The molecule has 0 saturated carbocycles. The normalized spacial score (nSPS) is 10.8. The zero-order valence-corrected chi connectivity index (χ0v) is 18.3. The molecule has 4 aromatic rings. The van der Waals surface area contributed by atoms with Crippen molar-refractivity contribution in [2.24, 2.45) is 7.05 Å². The van der Waals surface area contributed by atoms with Gasteiger partial charge in [0.25, 0.3) is 5.89 Å². The van der Waals surface area contributed by atoms with Crippen molar-refractivity contribution in [3.05, 3.63) is 59.9 Å². The number of carbonyl (C=O) groups is 2. The number of nitrogens with zero attached hydrogens (tertiary/aromatic N) is 5. The van der Waals surface area contributed by atoms with Crippen LogP contribution in [0.15, 0.2) is 58.2 Å². The lowest BCUT2D eigenvalue weighted by Gasteiger charge is -2.09. The highest BCUT2D eigenvalue weighted by molar-refractivity contribution is 7.99. The fraction of sp³-hybridized carbons (Fsp3) is 0.143. The number of hydrogen-bond acceptors (Lipinski definition) is 9. The number of amides is 1. The van der Waals surface area contributed by atoms with Crippen molar-refractivity contribution in [3.63, 3.8) is 0 Å². The maximum Gasteiger partial charge on any atom is 0.339 e. The quantitative estimate of drug-likeness (QED) is 0.321. The summed E-state index contributed by atoms with van der Waals surface area (Å²) in [5.41, 5.74) is 1.20. The number of hydrogen-bond donors (Lipinski definition) is 1. The molecule has 0 spiro atoms. The number of esters is 1. The summed E-state index contributed by atoms with van der Waals surface area (Å²) < 4.78 is 24.7. The molecule has 10 nitrogen and oxygen atoms in total. The average molecular weight is 468 g/mol. The van der Waals surface area contributed by atoms with Crippen molar-refractivity contribution in [1.29, 1.82) is 0 Å². The summed E-state index contributed by atoms with van der Waals surface area (Å²) in [5, 5.41) is 15.2. The van der Waals surface area contributed by atoms with Gasteiger partial charge in [-0.3, -0.25) is 4.79 Å². The van der Waals surface area contributed by atoms with E-state index in [0.29, 0.717) is 22.2 Å². The monoisotopic (exact) mass is 468 g/mol. The highest BCUT2D eigenvalue weighted by Crippen LogP contribution is 2.24. The number of carbonyl (C=O) groups excluding carboxylic acids is 2. The molecule has 2 aromatic heterocycles. The van der Waals surface area contributed by atoms with E-state index in [1.807, 2.05) is 0 Å². The maximum absolute atomic E-state index is 13.1. The number of methoxy groups -OCH3 is 1. The Balaban J connectivity index is 1.43. The minimum atomic E-state index is -0.545. The molecule has 2 aromatic carbocycles. The number of ether oxygens (including phenoxy) is 1. The van der Waals surface area contributed by atoms with E-state index in [4.69, 9.17) is 9.26 Å². The third-order valence-corrected chi connectivity index (χ3v) is 5.51. The van der Waals surface area contributed by atoms with Gasteiger partial charge in [-0.2, -0.15) is 4.98 Å². The Morgan fingerprint density at radius 2 is 1.91 bits per heavy atom. The first-order chi connectivity index (χ1) is 16.0. The van der Waals surface area contributed by atoms with Gasteiger partial charge in [-0.1, -0.05) is 29.1 Å². The molecule has 168 valence electrons. The van der Waals surface area contributed by atoms with Crippen LogP contribution in [0.1, 0.15) is 10.4 Å². The third kappa shape index (κ3) is 4.90. The number of anilines is 1. The molecule has 0 atom stereocenters. The Hall–Kier alpha value is -4.06. The molecule has 0 bridgehead atoms. The summed E-state index contributed by atoms with van der Waals surface area (Å²) in [6.07, 6.45) is 0. The molecular formula is C21H17FN6O4S. The van der Waals surface area contributed by atoms with Gasteiger partial charge in [-0.25, -0.2) is 9.18 Å². The van der Waals surface area contributed by atoms with Crippen molar-refractivity contribution < 1.29 is 23.2 Å². The van der Waals surface area contributed by atoms with Gasteiger partial charge in [-0.15, -0.1) is 10.2 Å². The van der Waals surface area contributed by atoms with Gasteiger partial charge in [-0.05, 0) is 36.4 Å². The zero-order chi connectivity index (χ0) is 23.4. The lowest BCUT2D eigenvalue weighted by Crippen LogP contribution is -2.17. The number of halogens is 1. The van der Waals surface area contributed by atoms with Crippen LogP contribution < -0.4 is 5.32 Å². The molecule has 0 radical (unpaired) electrons. The van der Waals surface area contributed by atoms with Gasteiger partial charge in [0.05, 0.1) is 24.1 Å². The predicted molar refractivity (Wildman–Crippen MR) is 117 cm³/mol. The third-order valence-electron chi connectivity index (χ3n) is 4.49. The first-order valence-electron chi connectivity index (χ1n) is 9.55. The first-order valence-corrected chi connectivity index (χ1v) is 10.5. The van der Waals surface area contributed by atoms with E-state index in [9.17, 15) is 14.0 Å². The van der Waals surface area contributed by atoms with Crippen LogP contribution in [0, 0.1) is 5.82 Å². The van der Waals surface area contributed by atoms with Gasteiger partial charge >= 0.3 is 5.97 Å². The molecule has 0 aliphatic heterocycles. The topological polar surface area (TPSA) is 125 Å². The van der Waals surface area contributed by atoms with Crippen molar-refractivity contribution in [2.75, 3.05) is 18.2 Å². The maximum atomic E-state index is 13.1. The number of thioether (sulfide) groups is 1. The molecule has 1 amide bonds. The molecule has 0 saturated heterocycles. The lowest BCUT2D eigenvalue weighted by molar-refractivity contribution is -0.113. The molecule has 12 heteroatoms. The van der Waals surface area contributed by atoms with E-state index < -0.39 is 5.97 Å². The van der Waals surface area contributed by atoms with Crippen LogP contribution in [0.25, 0.3) is 23.1 Å². The Bertz CT molecular complexity index is 1300. The van der Waals surface area contributed by atoms with E-state index in [-0.39, 0.29) is 34.8 Å². The fourth-order valence-corrected chi connectivity index (χ4v) is 3.56. The van der Waals surface area contributed by atoms with Gasteiger partial charge < -0.3 is 19.1 Å². The summed E-state index contributed by atoms with van der Waals surface area (Å²) in [4.78, 5) is 28.5. The molecule has 0 aliphatic rings. The van der Waals surface area contributed by atoms with E-state index in [0.717, 1.165) is 11.8 Å². The van der Waals surface area contributed by atoms with E-state index >= 15 is 0 Å². The minimum Gasteiger partial charge on any atom is -0.465 e. The second-order valence-corrected chi connectivity index (χ2v) is 7.61. The van der Waals surface area contributed by atoms with Gasteiger partial charge in [0.1, 0.15) is 5.82 Å². The van der Waals surface area contributed by atoms with Crippen LogP contribution in [0.5, 0.6) is 0 Å². The summed E-state index contributed by atoms with van der Waals surface area (Å²) in [7, 11) is 2.97. The van der Waals surface area contributed by atoms with Gasteiger partial charge in [0.2, 0.25) is 17.6 Å².